The fourth-order valence-electron chi connectivity index (χ4n) is 3.82. The van der Waals surface area contributed by atoms with Crippen LogP contribution in [-0.4, -0.2) is 41.0 Å². The lowest BCUT2D eigenvalue weighted by molar-refractivity contribution is 0.0754. The van der Waals surface area contributed by atoms with Crippen LogP contribution in [-0.2, 0) is 0 Å². The van der Waals surface area contributed by atoms with E-state index in [4.69, 9.17) is 4.99 Å². The lowest BCUT2D eigenvalue weighted by Crippen LogP contribution is -2.42. The summed E-state index contributed by atoms with van der Waals surface area (Å²) in [6.07, 6.45) is 7.47. The van der Waals surface area contributed by atoms with E-state index in [-0.39, 0.29) is 6.10 Å². The Balaban J connectivity index is 2.07. The molecule has 1 fully saturated rings. The Morgan fingerprint density at radius 1 is 1.23 bits per heavy atom. The molecule has 3 nitrogen and oxygen atoms in total. The monoisotopic (exact) mass is 306 g/mol. The van der Waals surface area contributed by atoms with Gasteiger partial charge in [0.1, 0.15) is 0 Å². The van der Waals surface area contributed by atoms with Crippen molar-refractivity contribution < 1.29 is 5.11 Å². The van der Waals surface area contributed by atoms with Gasteiger partial charge in [-0.1, -0.05) is 27.7 Å². The van der Waals surface area contributed by atoms with Gasteiger partial charge in [-0.05, 0) is 50.0 Å². The molecule has 0 unspecified atom stereocenters. The number of rotatable bonds is 5. The van der Waals surface area contributed by atoms with E-state index in [2.05, 4.69) is 32.6 Å². The average Bonchev–Trinajstić information content (AvgIpc) is 2.53. The smallest absolute Gasteiger partial charge is 0.0541 e. The Kier molecular flexibility index (Phi) is 6.64. The zero-order valence-corrected chi connectivity index (χ0v) is 14.9. The van der Waals surface area contributed by atoms with Crippen LogP contribution in [0.15, 0.2) is 16.3 Å². The van der Waals surface area contributed by atoms with Gasteiger partial charge in [-0.3, -0.25) is 9.89 Å². The molecular formula is C19H34N2O. The standard InChI is InChI=1S/C19H34N2O/c1-5-15-13-21(16-7-9-17(22)10-8-16)12-11-19(15)20-18(6-2)14(3)4/h14,16-17,22H,5-13H2,1-4H3. The molecule has 0 saturated heterocycles. The van der Waals surface area contributed by atoms with Gasteiger partial charge in [0, 0.05) is 37.0 Å². The van der Waals surface area contributed by atoms with E-state index >= 15 is 0 Å². The topological polar surface area (TPSA) is 35.8 Å². The molecule has 0 bridgehead atoms. The zero-order chi connectivity index (χ0) is 16.1. The molecule has 0 amide bonds. The van der Waals surface area contributed by atoms with E-state index < -0.39 is 0 Å². The van der Waals surface area contributed by atoms with Gasteiger partial charge >= 0.3 is 0 Å². The Morgan fingerprint density at radius 3 is 2.45 bits per heavy atom. The second-order valence-corrected chi connectivity index (χ2v) is 7.20. The van der Waals surface area contributed by atoms with Crippen LogP contribution in [0.1, 0.15) is 72.6 Å². The summed E-state index contributed by atoms with van der Waals surface area (Å²) in [5, 5.41) is 9.70. The number of aliphatic hydroxyl groups is 1. The third-order valence-corrected chi connectivity index (χ3v) is 5.35. The van der Waals surface area contributed by atoms with Gasteiger partial charge in [-0.25, -0.2) is 0 Å². The minimum atomic E-state index is -0.0551. The molecule has 1 saturated carbocycles. The number of hydrogen-bond acceptors (Lipinski definition) is 3. The number of hydrogen-bond donors (Lipinski definition) is 1. The van der Waals surface area contributed by atoms with Gasteiger partial charge < -0.3 is 5.11 Å². The highest BCUT2D eigenvalue weighted by atomic mass is 16.3. The summed E-state index contributed by atoms with van der Waals surface area (Å²) in [5.41, 5.74) is 4.24. The van der Waals surface area contributed by atoms with Crippen molar-refractivity contribution in [2.45, 2.75) is 84.8 Å². The SMILES string of the molecule is CCC(=NC1=C(CC)CN(C2CCC(O)CC2)CC1)C(C)C. The van der Waals surface area contributed by atoms with Crippen molar-refractivity contribution in [1.82, 2.24) is 4.90 Å². The molecule has 2 rings (SSSR count). The number of aliphatic imine (C=N–C) groups is 1. The molecule has 2 aliphatic rings. The Morgan fingerprint density at radius 2 is 1.91 bits per heavy atom. The summed E-state index contributed by atoms with van der Waals surface area (Å²) in [4.78, 5) is 7.67. The summed E-state index contributed by atoms with van der Waals surface area (Å²) in [7, 11) is 0. The van der Waals surface area contributed by atoms with E-state index in [1.165, 1.54) is 17.0 Å². The lowest BCUT2D eigenvalue weighted by Gasteiger charge is -2.39. The molecule has 0 spiro atoms. The Bertz CT molecular complexity index is 417. The van der Waals surface area contributed by atoms with Gasteiger partial charge in [0.25, 0.3) is 0 Å². The van der Waals surface area contributed by atoms with Crippen molar-refractivity contribution in [3.8, 4) is 0 Å². The first-order chi connectivity index (χ1) is 10.5. The molecule has 0 aromatic carbocycles. The first kappa shape index (κ1) is 17.7. The molecule has 1 aliphatic heterocycles. The average molecular weight is 306 g/mol. The van der Waals surface area contributed by atoms with Crippen molar-refractivity contribution in [2.24, 2.45) is 10.9 Å². The Labute approximate surface area is 136 Å². The van der Waals surface area contributed by atoms with Crippen molar-refractivity contribution in [3.05, 3.63) is 11.3 Å². The fraction of sp³-hybridized carbons (Fsp3) is 0.842. The highest BCUT2D eigenvalue weighted by Gasteiger charge is 2.28. The summed E-state index contributed by atoms with van der Waals surface area (Å²) >= 11 is 0. The van der Waals surface area contributed by atoms with Gasteiger partial charge in [0.2, 0.25) is 0 Å². The second-order valence-electron chi connectivity index (χ2n) is 7.20. The maximum absolute atomic E-state index is 9.70. The molecule has 0 radical (unpaired) electrons. The van der Waals surface area contributed by atoms with E-state index in [9.17, 15) is 5.11 Å². The molecule has 0 aromatic heterocycles. The third kappa shape index (κ3) is 4.42. The van der Waals surface area contributed by atoms with Crippen LogP contribution < -0.4 is 0 Å². The van der Waals surface area contributed by atoms with Crippen LogP contribution in [0.25, 0.3) is 0 Å². The number of aliphatic hydroxyl groups excluding tert-OH is 1. The van der Waals surface area contributed by atoms with E-state index in [0.717, 1.165) is 58.0 Å². The molecule has 1 N–H and O–H groups in total. The predicted octanol–water partition coefficient (Wildman–Crippen LogP) is 4.17. The van der Waals surface area contributed by atoms with Crippen molar-refractivity contribution in [1.29, 1.82) is 0 Å². The van der Waals surface area contributed by atoms with Crippen LogP contribution in [0, 0.1) is 5.92 Å². The summed E-state index contributed by atoms with van der Waals surface area (Å²) in [5.74, 6) is 0.550. The quantitative estimate of drug-likeness (QED) is 0.774. The highest BCUT2D eigenvalue weighted by Crippen LogP contribution is 2.29. The van der Waals surface area contributed by atoms with Crippen LogP contribution in [0.4, 0.5) is 0 Å². The molecule has 0 aromatic rings. The van der Waals surface area contributed by atoms with Crippen LogP contribution in [0.2, 0.25) is 0 Å². The van der Waals surface area contributed by atoms with Crippen molar-refractivity contribution in [2.75, 3.05) is 13.1 Å². The first-order valence-corrected chi connectivity index (χ1v) is 9.25. The van der Waals surface area contributed by atoms with Crippen LogP contribution >= 0.6 is 0 Å². The van der Waals surface area contributed by atoms with E-state index in [0.29, 0.717) is 12.0 Å². The molecule has 0 atom stereocenters. The minimum Gasteiger partial charge on any atom is -0.393 e. The molecule has 22 heavy (non-hydrogen) atoms. The van der Waals surface area contributed by atoms with Gasteiger partial charge in [-0.2, -0.15) is 0 Å². The van der Waals surface area contributed by atoms with Crippen molar-refractivity contribution >= 4 is 5.71 Å². The van der Waals surface area contributed by atoms with Crippen LogP contribution in [0.5, 0.6) is 0 Å². The predicted molar refractivity (Wildman–Crippen MR) is 94.3 cm³/mol. The van der Waals surface area contributed by atoms with E-state index in [1.807, 2.05) is 0 Å². The molecular weight excluding hydrogens is 272 g/mol. The highest BCUT2D eigenvalue weighted by molar-refractivity contribution is 5.86. The number of nitrogens with zero attached hydrogens (tertiary/aromatic N) is 2. The lowest BCUT2D eigenvalue weighted by atomic mass is 9.90. The zero-order valence-electron chi connectivity index (χ0n) is 14.9. The minimum absolute atomic E-state index is 0.0551. The normalized spacial score (nSPS) is 28.5. The first-order valence-electron chi connectivity index (χ1n) is 9.25. The summed E-state index contributed by atoms with van der Waals surface area (Å²) < 4.78 is 0. The third-order valence-electron chi connectivity index (χ3n) is 5.35. The Hall–Kier alpha value is -0.670. The van der Waals surface area contributed by atoms with Gasteiger partial charge in [0.05, 0.1) is 6.10 Å². The van der Waals surface area contributed by atoms with E-state index in [1.54, 1.807) is 0 Å². The summed E-state index contributed by atoms with van der Waals surface area (Å²) in [6, 6.07) is 0.672. The second kappa shape index (κ2) is 8.26. The van der Waals surface area contributed by atoms with Crippen LogP contribution in [0.3, 0.4) is 0 Å². The maximum atomic E-state index is 9.70. The van der Waals surface area contributed by atoms with Crippen molar-refractivity contribution in [3.63, 3.8) is 0 Å². The van der Waals surface area contributed by atoms with Gasteiger partial charge in [-0.15, -0.1) is 0 Å². The largest absolute Gasteiger partial charge is 0.393 e. The van der Waals surface area contributed by atoms with Gasteiger partial charge in [0.15, 0.2) is 0 Å². The summed E-state index contributed by atoms with van der Waals surface area (Å²) in [6.45, 7) is 11.2. The maximum Gasteiger partial charge on any atom is 0.0541 e. The molecule has 3 heteroatoms. The fourth-order valence-corrected chi connectivity index (χ4v) is 3.82. The molecule has 1 aliphatic carbocycles. The molecule has 1 heterocycles. The molecule has 126 valence electrons.